The fourth-order valence-electron chi connectivity index (χ4n) is 4.05. The van der Waals surface area contributed by atoms with E-state index in [1.165, 1.54) is 21.2 Å². The number of aromatic nitrogens is 4. The van der Waals surface area contributed by atoms with Gasteiger partial charge in [0.25, 0.3) is 5.91 Å². The van der Waals surface area contributed by atoms with E-state index in [1.54, 1.807) is 29.9 Å². The summed E-state index contributed by atoms with van der Waals surface area (Å²) in [5.74, 6) is 0.448. The molecule has 0 aliphatic carbocycles. The number of thiazole rings is 2. The van der Waals surface area contributed by atoms with E-state index in [4.69, 9.17) is 4.98 Å². The van der Waals surface area contributed by atoms with Gasteiger partial charge in [0, 0.05) is 46.3 Å². The summed E-state index contributed by atoms with van der Waals surface area (Å²) >= 11 is 6.68. The van der Waals surface area contributed by atoms with E-state index in [0.29, 0.717) is 16.5 Å². The molecule has 168 valence electrons. The zero-order valence-corrected chi connectivity index (χ0v) is 21.5. The quantitative estimate of drug-likeness (QED) is 0.312. The molecule has 1 aliphatic rings. The van der Waals surface area contributed by atoms with Crippen LogP contribution in [0.1, 0.15) is 44.0 Å². The Labute approximate surface area is 208 Å². The molecule has 1 amide bonds. The number of aryl methyl sites for hydroxylation is 2. The number of amides is 1. The van der Waals surface area contributed by atoms with Crippen molar-refractivity contribution >= 4 is 44.5 Å². The van der Waals surface area contributed by atoms with Crippen molar-refractivity contribution in [1.82, 2.24) is 24.8 Å². The number of carbonyl (C=O) groups excluding carboxylic acids is 1. The lowest BCUT2D eigenvalue weighted by Gasteiger charge is -2.30. The molecule has 3 aromatic heterocycles. The Hall–Kier alpha value is -2.49. The summed E-state index contributed by atoms with van der Waals surface area (Å²) in [6.45, 7) is 5.48. The normalized spacial score (nSPS) is 14.6. The zero-order valence-electron chi connectivity index (χ0n) is 18.3. The summed E-state index contributed by atoms with van der Waals surface area (Å²) in [5.41, 5.74) is 3.66. The van der Waals surface area contributed by atoms with Crippen LogP contribution in [0.2, 0.25) is 0 Å². The Morgan fingerprint density at radius 1 is 1.06 bits per heavy atom. The van der Waals surface area contributed by atoms with Gasteiger partial charge in [-0.15, -0.1) is 22.7 Å². The van der Waals surface area contributed by atoms with Crippen LogP contribution in [0.15, 0.2) is 47.3 Å². The van der Waals surface area contributed by atoms with Crippen LogP contribution in [0.5, 0.6) is 0 Å². The SMILES string of the molecule is Cc1nc(-c2cnccn2)sc1C(=O)N1CCC(c2nc(-c3ccc(Br)cc3)c(C)s2)CC1. The molecule has 4 heterocycles. The zero-order chi connectivity index (χ0) is 22.9. The number of piperidine rings is 1. The monoisotopic (exact) mass is 539 g/mol. The molecule has 0 unspecified atom stereocenters. The highest BCUT2D eigenvalue weighted by Crippen LogP contribution is 2.37. The lowest BCUT2D eigenvalue weighted by molar-refractivity contribution is 0.0717. The molecule has 0 atom stereocenters. The topological polar surface area (TPSA) is 71.9 Å². The van der Waals surface area contributed by atoms with Crippen molar-refractivity contribution in [3.63, 3.8) is 0 Å². The predicted octanol–water partition coefficient (Wildman–Crippen LogP) is 6.12. The number of carbonyl (C=O) groups is 1. The van der Waals surface area contributed by atoms with Crippen LogP contribution in [0.4, 0.5) is 0 Å². The Morgan fingerprint density at radius 2 is 1.82 bits per heavy atom. The molecule has 6 nitrogen and oxygen atoms in total. The fourth-order valence-corrected chi connectivity index (χ4v) is 6.43. The van der Waals surface area contributed by atoms with Crippen molar-refractivity contribution in [3.05, 3.63) is 67.8 Å². The van der Waals surface area contributed by atoms with Gasteiger partial charge in [-0.1, -0.05) is 28.1 Å². The smallest absolute Gasteiger partial charge is 0.265 e. The molecular formula is C24H22BrN5OS2. The molecule has 1 aromatic carbocycles. The summed E-state index contributed by atoms with van der Waals surface area (Å²) in [4.78, 5) is 35.1. The van der Waals surface area contributed by atoms with Crippen molar-refractivity contribution in [3.8, 4) is 22.0 Å². The van der Waals surface area contributed by atoms with Crippen LogP contribution < -0.4 is 0 Å². The summed E-state index contributed by atoms with van der Waals surface area (Å²) in [7, 11) is 0. The molecular weight excluding hydrogens is 518 g/mol. The molecule has 1 saturated heterocycles. The van der Waals surface area contributed by atoms with Crippen LogP contribution in [-0.4, -0.2) is 43.8 Å². The van der Waals surface area contributed by atoms with Gasteiger partial charge in [-0.05, 0) is 38.8 Å². The third kappa shape index (κ3) is 4.62. The number of halogens is 1. The molecule has 5 rings (SSSR count). The van der Waals surface area contributed by atoms with E-state index >= 15 is 0 Å². The van der Waals surface area contributed by atoms with Crippen molar-refractivity contribution < 1.29 is 4.79 Å². The Bertz CT molecular complexity index is 1280. The van der Waals surface area contributed by atoms with E-state index in [0.717, 1.165) is 52.4 Å². The Kier molecular flexibility index (Phi) is 6.36. The summed E-state index contributed by atoms with van der Waals surface area (Å²) in [5, 5.41) is 1.91. The average Bonchev–Trinajstić information content (AvgIpc) is 3.43. The third-order valence-electron chi connectivity index (χ3n) is 5.84. The van der Waals surface area contributed by atoms with Crippen molar-refractivity contribution in [2.24, 2.45) is 0 Å². The van der Waals surface area contributed by atoms with Gasteiger partial charge in [0.1, 0.15) is 15.6 Å². The van der Waals surface area contributed by atoms with Crippen LogP contribution in [-0.2, 0) is 0 Å². The second kappa shape index (κ2) is 9.40. The molecule has 1 aliphatic heterocycles. The second-order valence-electron chi connectivity index (χ2n) is 8.05. The van der Waals surface area contributed by atoms with E-state index in [1.807, 2.05) is 11.8 Å². The Balaban J connectivity index is 1.27. The number of hydrogen-bond acceptors (Lipinski definition) is 7. The first-order chi connectivity index (χ1) is 16.0. The first-order valence-electron chi connectivity index (χ1n) is 10.8. The summed E-state index contributed by atoms with van der Waals surface area (Å²) in [6.07, 6.45) is 6.80. The highest BCUT2D eigenvalue weighted by molar-refractivity contribution is 9.10. The van der Waals surface area contributed by atoms with E-state index < -0.39 is 0 Å². The standard InChI is InChI=1S/C24H22BrN5OS2/c1-14-21(33-23(28-14)19-13-26-9-10-27-19)24(31)30-11-7-17(8-12-30)22-29-20(15(2)32-22)16-3-5-18(25)6-4-16/h3-6,9-10,13,17H,7-8,11-12H2,1-2H3. The molecule has 0 radical (unpaired) electrons. The van der Waals surface area contributed by atoms with Crippen LogP contribution >= 0.6 is 38.6 Å². The largest absolute Gasteiger partial charge is 0.338 e. The number of rotatable bonds is 4. The lowest BCUT2D eigenvalue weighted by Crippen LogP contribution is -2.37. The van der Waals surface area contributed by atoms with E-state index in [-0.39, 0.29) is 5.91 Å². The van der Waals surface area contributed by atoms with Gasteiger partial charge < -0.3 is 4.90 Å². The van der Waals surface area contributed by atoms with Crippen molar-refractivity contribution in [1.29, 1.82) is 0 Å². The molecule has 0 N–H and O–H groups in total. The Morgan fingerprint density at radius 3 is 2.52 bits per heavy atom. The predicted molar refractivity (Wildman–Crippen MR) is 136 cm³/mol. The molecule has 9 heteroatoms. The number of hydrogen-bond donors (Lipinski definition) is 0. The highest BCUT2D eigenvalue weighted by atomic mass is 79.9. The number of nitrogens with zero attached hydrogens (tertiary/aromatic N) is 5. The summed E-state index contributed by atoms with van der Waals surface area (Å²) < 4.78 is 1.07. The van der Waals surface area contributed by atoms with Crippen LogP contribution in [0.25, 0.3) is 22.0 Å². The molecule has 1 fully saturated rings. The molecule has 0 bridgehead atoms. The van der Waals surface area contributed by atoms with Gasteiger partial charge in [-0.25, -0.2) is 9.97 Å². The van der Waals surface area contributed by atoms with Gasteiger partial charge >= 0.3 is 0 Å². The minimum Gasteiger partial charge on any atom is -0.338 e. The minimum atomic E-state index is 0.0597. The second-order valence-corrected chi connectivity index (χ2v) is 11.2. The first-order valence-corrected chi connectivity index (χ1v) is 13.2. The maximum Gasteiger partial charge on any atom is 0.265 e. The molecule has 33 heavy (non-hydrogen) atoms. The minimum absolute atomic E-state index is 0.0597. The highest BCUT2D eigenvalue weighted by Gasteiger charge is 2.29. The van der Waals surface area contributed by atoms with Crippen molar-refractivity contribution in [2.45, 2.75) is 32.6 Å². The van der Waals surface area contributed by atoms with E-state index in [9.17, 15) is 4.79 Å². The average molecular weight is 541 g/mol. The van der Waals surface area contributed by atoms with Gasteiger partial charge in [0.15, 0.2) is 0 Å². The maximum atomic E-state index is 13.2. The third-order valence-corrected chi connectivity index (χ3v) is 8.67. The van der Waals surface area contributed by atoms with Crippen LogP contribution in [0, 0.1) is 13.8 Å². The van der Waals surface area contributed by atoms with Gasteiger partial charge in [-0.2, -0.15) is 0 Å². The summed E-state index contributed by atoms with van der Waals surface area (Å²) in [6, 6.07) is 8.30. The molecule has 0 spiro atoms. The van der Waals surface area contributed by atoms with Crippen LogP contribution in [0.3, 0.4) is 0 Å². The fraction of sp³-hybridized carbons (Fsp3) is 0.292. The van der Waals surface area contributed by atoms with E-state index in [2.05, 4.69) is 62.1 Å². The number of likely N-dealkylation sites (tertiary alicyclic amines) is 1. The lowest BCUT2D eigenvalue weighted by atomic mass is 9.97. The first kappa shape index (κ1) is 22.3. The van der Waals surface area contributed by atoms with Gasteiger partial charge in [0.2, 0.25) is 0 Å². The van der Waals surface area contributed by atoms with Gasteiger partial charge in [0.05, 0.1) is 22.6 Å². The molecule has 0 saturated carbocycles. The van der Waals surface area contributed by atoms with Gasteiger partial charge in [-0.3, -0.25) is 14.8 Å². The van der Waals surface area contributed by atoms with Crippen molar-refractivity contribution in [2.75, 3.05) is 13.1 Å². The number of benzene rings is 1. The maximum absolute atomic E-state index is 13.2. The molecule has 4 aromatic rings.